The summed E-state index contributed by atoms with van der Waals surface area (Å²) in [6.07, 6.45) is -1.03. The molecule has 0 bridgehead atoms. The molecule has 1 N–H and O–H groups in total. The van der Waals surface area contributed by atoms with E-state index >= 15 is 4.79 Å². The molecule has 1 spiro atoms. The standard InChI is InChI=1S/C45H48N4O10Si/c1-27-43(60(4,5)36-16-14-35(57-3)15-17-36)39(22-40(52)46-25-31-11-7-6-10-30(31)20-34(46)26-50)59-45(27)37-21-33(49(55)56)13-18-38(37)47(44(45)54)24-29-9-8-12-32(19-29)48-41(53)23-42(48)58-28(2)51/h6-19,21,27,34,39,42-43,50H,20,22-26H2,1-5H3/t27-,34-,39+,42?,43-,45+/m0/s1. The lowest BCUT2D eigenvalue weighted by molar-refractivity contribution is -0.385. The van der Waals surface area contributed by atoms with Crippen LogP contribution in [0, 0.1) is 16.0 Å². The molecule has 4 heterocycles. The van der Waals surface area contributed by atoms with Crippen LogP contribution >= 0.6 is 0 Å². The molecule has 4 aromatic rings. The summed E-state index contributed by atoms with van der Waals surface area (Å²) in [6.45, 7) is 7.77. The summed E-state index contributed by atoms with van der Waals surface area (Å²) in [5.41, 5.74) is 1.82. The Morgan fingerprint density at radius 3 is 2.38 bits per heavy atom. The van der Waals surface area contributed by atoms with E-state index in [1.807, 2.05) is 61.5 Å². The summed E-state index contributed by atoms with van der Waals surface area (Å²) in [5.74, 6) is -1.21. The number of non-ortho nitro benzene ring substituents is 1. The number of benzene rings is 4. The number of carbonyl (C=O) groups is 4. The van der Waals surface area contributed by atoms with Gasteiger partial charge in [-0.25, -0.2) is 0 Å². The number of anilines is 2. The molecule has 0 aromatic heterocycles. The number of methoxy groups -OCH3 is 1. The van der Waals surface area contributed by atoms with E-state index in [0.29, 0.717) is 41.2 Å². The van der Waals surface area contributed by atoms with Gasteiger partial charge in [0.2, 0.25) is 11.8 Å². The van der Waals surface area contributed by atoms with Crippen LogP contribution in [0.1, 0.15) is 48.9 Å². The smallest absolute Gasteiger partial charge is 0.304 e. The van der Waals surface area contributed by atoms with Crippen molar-refractivity contribution in [1.29, 1.82) is 0 Å². The van der Waals surface area contributed by atoms with E-state index in [-0.39, 0.29) is 49.0 Å². The lowest BCUT2D eigenvalue weighted by atomic mass is 9.82. The highest BCUT2D eigenvalue weighted by molar-refractivity contribution is 6.91. The summed E-state index contributed by atoms with van der Waals surface area (Å²) in [6, 6.07) is 26.7. The van der Waals surface area contributed by atoms with Crippen molar-refractivity contribution < 1.29 is 43.4 Å². The molecule has 312 valence electrons. The van der Waals surface area contributed by atoms with Gasteiger partial charge in [-0.15, -0.1) is 0 Å². The van der Waals surface area contributed by atoms with Gasteiger partial charge in [-0.05, 0) is 59.0 Å². The van der Waals surface area contributed by atoms with Crippen LogP contribution < -0.4 is 19.7 Å². The molecule has 2 saturated heterocycles. The molecule has 14 nitrogen and oxygen atoms in total. The molecule has 4 aromatic carbocycles. The number of ether oxygens (including phenoxy) is 3. The second kappa shape index (κ2) is 15.6. The van der Waals surface area contributed by atoms with Gasteiger partial charge < -0.3 is 29.1 Å². The average molecular weight is 833 g/mol. The van der Waals surface area contributed by atoms with E-state index in [1.165, 1.54) is 24.0 Å². The van der Waals surface area contributed by atoms with Crippen molar-refractivity contribution in [2.24, 2.45) is 5.92 Å². The fraction of sp³-hybridized carbons (Fsp3) is 0.378. The third-order valence-electron chi connectivity index (χ3n) is 13.0. The van der Waals surface area contributed by atoms with Crippen molar-refractivity contribution in [3.05, 3.63) is 123 Å². The van der Waals surface area contributed by atoms with Crippen molar-refractivity contribution >= 4 is 54.0 Å². The minimum absolute atomic E-state index is 0.0362. The Bertz CT molecular complexity index is 2390. The van der Waals surface area contributed by atoms with Crippen molar-refractivity contribution in [3.63, 3.8) is 0 Å². The van der Waals surface area contributed by atoms with Crippen LogP contribution in [0.3, 0.4) is 0 Å². The van der Waals surface area contributed by atoms with Crippen LogP contribution in [0.15, 0.2) is 91.0 Å². The molecule has 4 aliphatic rings. The highest BCUT2D eigenvalue weighted by atomic mass is 28.3. The highest BCUT2D eigenvalue weighted by Gasteiger charge is 2.67. The Kier molecular flexibility index (Phi) is 10.6. The van der Waals surface area contributed by atoms with Gasteiger partial charge in [-0.2, -0.15) is 0 Å². The molecule has 0 saturated carbocycles. The van der Waals surface area contributed by atoms with Crippen LogP contribution in [0.25, 0.3) is 0 Å². The number of nitrogens with zero attached hydrogens (tertiary/aromatic N) is 4. The number of nitro groups is 1. The second-order valence-corrected chi connectivity index (χ2v) is 21.4. The topological polar surface area (TPSA) is 169 Å². The number of rotatable bonds is 11. The van der Waals surface area contributed by atoms with Gasteiger partial charge in [-0.3, -0.25) is 34.2 Å². The first kappa shape index (κ1) is 40.9. The van der Waals surface area contributed by atoms with E-state index in [2.05, 4.69) is 13.1 Å². The number of nitro benzene ring substituents is 1. The third-order valence-corrected chi connectivity index (χ3v) is 17.4. The van der Waals surface area contributed by atoms with Crippen LogP contribution in [0.5, 0.6) is 5.75 Å². The quantitative estimate of drug-likeness (QED) is 0.0686. The van der Waals surface area contributed by atoms with E-state index < -0.39 is 54.8 Å². The number of aliphatic hydroxyl groups excluding tert-OH is 1. The van der Waals surface area contributed by atoms with Gasteiger partial charge in [0.05, 0.1) is 63.9 Å². The molecule has 0 aliphatic carbocycles. The minimum atomic E-state index is -2.70. The molecule has 3 amide bonds. The number of hydrogen-bond donors (Lipinski definition) is 1. The number of hydrogen-bond acceptors (Lipinski definition) is 10. The van der Waals surface area contributed by atoms with Crippen LogP contribution in [-0.4, -0.2) is 78.8 Å². The molecule has 60 heavy (non-hydrogen) atoms. The maximum absolute atomic E-state index is 15.4. The summed E-state index contributed by atoms with van der Waals surface area (Å²) in [7, 11) is -1.10. The largest absolute Gasteiger partial charge is 0.497 e. The van der Waals surface area contributed by atoms with Crippen molar-refractivity contribution in [2.75, 3.05) is 23.5 Å². The predicted molar refractivity (Wildman–Crippen MR) is 224 cm³/mol. The van der Waals surface area contributed by atoms with E-state index in [4.69, 9.17) is 14.2 Å². The third kappa shape index (κ3) is 6.83. The number of esters is 1. The fourth-order valence-electron chi connectivity index (χ4n) is 10.1. The van der Waals surface area contributed by atoms with Gasteiger partial charge in [0, 0.05) is 42.8 Å². The first-order valence-corrected chi connectivity index (χ1v) is 23.2. The van der Waals surface area contributed by atoms with Gasteiger partial charge in [-0.1, -0.05) is 73.7 Å². The number of aliphatic hydroxyl groups is 1. The molecule has 2 fully saturated rings. The van der Waals surface area contributed by atoms with Crippen LogP contribution in [-0.2, 0) is 53.8 Å². The summed E-state index contributed by atoms with van der Waals surface area (Å²) < 4.78 is 18.0. The second-order valence-electron chi connectivity index (χ2n) is 16.7. The maximum atomic E-state index is 15.4. The lowest BCUT2D eigenvalue weighted by Gasteiger charge is -2.39. The molecule has 0 radical (unpaired) electrons. The molecular formula is C45H48N4O10Si. The van der Waals surface area contributed by atoms with Crippen molar-refractivity contribution in [1.82, 2.24) is 4.90 Å². The van der Waals surface area contributed by atoms with Gasteiger partial charge >= 0.3 is 5.97 Å². The zero-order valence-corrected chi connectivity index (χ0v) is 35.2. The van der Waals surface area contributed by atoms with E-state index in [9.17, 15) is 29.6 Å². The summed E-state index contributed by atoms with van der Waals surface area (Å²) in [4.78, 5) is 71.0. The zero-order valence-electron chi connectivity index (χ0n) is 34.2. The Balaban J connectivity index is 1.19. The first-order chi connectivity index (χ1) is 28.7. The highest BCUT2D eigenvalue weighted by Crippen LogP contribution is 2.60. The number of fused-ring (bicyclic) bond motifs is 3. The number of amides is 3. The lowest BCUT2D eigenvalue weighted by Crippen LogP contribution is -2.54. The molecular weight excluding hydrogens is 785 g/mol. The summed E-state index contributed by atoms with van der Waals surface area (Å²) >= 11 is 0. The molecule has 15 heteroatoms. The molecule has 6 atom stereocenters. The Morgan fingerprint density at radius 2 is 1.72 bits per heavy atom. The summed E-state index contributed by atoms with van der Waals surface area (Å²) in [5, 5.41) is 23.9. The molecule has 8 rings (SSSR count). The fourth-order valence-corrected chi connectivity index (χ4v) is 14.1. The number of β-lactam (4-membered cyclic amide) rings is 1. The van der Waals surface area contributed by atoms with Crippen molar-refractivity contribution in [3.8, 4) is 5.75 Å². The normalized spacial score (nSPS) is 24.6. The molecule has 4 aliphatic heterocycles. The number of carbonyl (C=O) groups excluding carboxylic acids is 4. The first-order valence-electron chi connectivity index (χ1n) is 20.2. The van der Waals surface area contributed by atoms with Crippen LogP contribution in [0.4, 0.5) is 17.1 Å². The van der Waals surface area contributed by atoms with Gasteiger partial charge in [0.25, 0.3) is 11.6 Å². The minimum Gasteiger partial charge on any atom is -0.497 e. The van der Waals surface area contributed by atoms with Crippen LogP contribution in [0.2, 0.25) is 18.6 Å². The average Bonchev–Trinajstić information content (AvgIpc) is 3.65. The van der Waals surface area contributed by atoms with Gasteiger partial charge in [0.15, 0.2) is 11.8 Å². The Labute approximate surface area is 348 Å². The zero-order chi connectivity index (χ0) is 42.7. The van der Waals surface area contributed by atoms with Crippen molar-refractivity contribution in [2.45, 2.75) is 88.8 Å². The monoisotopic (exact) mass is 832 g/mol. The Morgan fingerprint density at radius 1 is 0.983 bits per heavy atom. The Hall–Kier alpha value is -5.90. The van der Waals surface area contributed by atoms with E-state index in [0.717, 1.165) is 16.3 Å². The van der Waals surface area contributed by atoms with Gasteiger partial charge in [0.1, 0.15) is 5.75 Å². The SMILES string of the molecule is COc1ccc([Si](C)(C)[C@@H]2[C@@H](CC(=O)N3Cc4ccccc4C[C@H]3CO)O[C@]3(C(=O)N(Cc4cccc(N5C(=O)CC5OC(C)=O)c4)c4ccc([N+](=O)[O-])cc43)[C@H]2C)cc1. The predicted octanol–water partition coefficient (Wildman–Crippen LogP) is 5.33. The maximum Gasteiger partial charge on any atom is 0.304 e. The van der Waals surface area contributed by atoms with E-state index in [1.54, 1.807) is 41.2 Å². The molecule has 1 unspecified atom stereocenters.